The molecule has 1 aliphatic carbocycles. The number of phenolic OH excluding ortho intramolecular Hbond substituents is 1. The molecule has 32 heavy (non-hydrogen) atoms. The summed E-state index contributed by atoms with van der Waals surface area (Å²) in [6, 6.07) is 17.4. The van der Waals surface area contributed by atoms with E-state index in [1.807, 2.05) is 30.3 Å². The van der Waals surface area contributed by atoms with Gasteiger partial charge in [0.05, 0.1) is 11.3 Å². The van der Waals surface area contributed by atoms with Crippen LogP contribution in [0.15, 0.2) is 60.7 Å². The predicted octanol–water partition coefficient (Wildman–Crippen LogP) is 3.44. The lowest BCUT2D eigenvalue weighted by Crippen LogP contribution is -2.30. The first-order valence-electron chi connectivity index (χ1n) is 10.7. The third kappa shape index (κ3) is 5.24. The lowest BCUT2D eigenvalue weighted by atomic mass is 10.0. The SMILES string of the molecule is O=C(NCCCNC(=O)c1cc2ccccc2cc1NC(=O)C1CC1)c1cccc(O)c1. The van der Waals surface area contributed by atoms with Crippen LogP contribution >= 0.6 is 0 Å². The number of fused-ring (bicyclic) bond motifs is 1. The molecule has 0 spiro atoms. The zero-order valence-electron chi connectivity index (χ0n) is 17.6. The summed E-state index contributed by atoms with van der Waals surface area (Å²) < 4.78 is 0. The standard InChI is InChI=1S/C25H25N3O4/c29-20-8-3-7-19(13-20)23(30)26-11-4-12-27-25(32)21-14-17-5-1-2-6-18(17)15-22(21)28-24(31)16-9-10-16/h1-3,5-8,13-16,29H,4,9-12H2,(H,26,30)(H,27,32)(H,28,31). The lowest BCUT2D eigenvalue weighted by molar-refractivity contribution is -0.117. The van der Waals surface area contributed by atoms with Gasteiger partial charge in [0.25, 0.3) is 11.8 Å². The van der Waals surface area contributed by atoms with Gasteiger partial charge in [-0.15, -0.1) is 0 Å². The fourth-order valence-corrected chi connectivity index (χ4v) is 3.45. The molecule has 3 aromatic carbocycles. The summed E-state index contributed by atoms with van der Waals surface area (Å²) in [6.45, 7) is 0.736. The molecule has 1 saturated carbocycles. The first-order chi connectivity index (χ1) is 15.5. The molecule has 3 aromatic rings. The Bertz CT molecular complexity index is 1170. The molecule has 0 aromatic heterocycles. The number of aromatic hydroxyl groups is 1. The smallest absolute Gasteiger partial charge is 0.253 e. The monoisotopic (exact) mass is 431 g/mol. The molecule has 0 unspecified atom stereocenters. The van der Waals surface area contributed by atoms with Crippen molar-refractivity contribution >= 4 is 34.2 Å². The molecule has 0 aliphatic heterocycles. The van der Waals surface area contributed by atoms with E-state index in [9.17, 15) is 19.5 Å². The molecular formula is C25H25N3O4. The van der Waals surface area contributed by atoms with Gasteiger partial charge in [-0.25, -0.2) is 0 Å². The summed E-state index contributed by atoms with van der Waals surface area (Å²) in [7, 11) is 0. The average Bonchev–Trinajstić information content (AvgIpc) is 3.64. The molecule has 1 fully saturated rings. The van der Waals surface area contributed by atoms with Gasteiger partial charge in [0, 0.05) is 24.6 Å². The van der Waals surface area contributed by atoms with E-state index in [1.165, 1.54) is 12.1 Å². The predicted molar refractivity (Wildman–Crippen MR) is 123 cm³/mol. The summed E-state index contributed by atoms with van der Waals surface area (Å²) in [6.07, 6.45) is 2.30. The van der Waals surface area contributed by atoms with Gasteiger partial charge < -0.3 is 21.1 Å². The van der Waals surface area contributed by atoms with Crippen LogP contribution in [0.4, 0.5) is 5.69 Å². The number of phenols is 1. The van der Waals surface area contributed by atoms with E-state index in [4.69, 9.17) is 0 Å². The van der Waals surface area contributed by atoms with Crippen molar-refractivity contribution in [1.29, 1.82) is 0 Å². The van der Waals surface area contributed by atoms with Crippen LogP contribution in [0.5, 0.6) is 5.75 Å². The second-order valence-corrected chi connectivity index (χ2v) is 7.92. The van der Waals surface area contributed by atoms with Gasteiger partial charge in [-0.1, -0.05) is 30.3 Å². The quantitative estimate of drug-likeness (QED) is 0.410. The second kappa shape index (κ2) is 9.51. The number of amides is 3. The van der Waals surface area contributed by atoms with Crippen molar-refractivity contribution in [3.8, 4) is 5.75 Å². The van der Waals surface area contributed by atoms with E-state index in [0.29, 0.717) is 36.3 Å². The zero-order chi connectivity index (χ0) is 22.5. The number of anilines is 1. The third-order valence-electron chi connectivity index (χ3n) is 5.37. The fourth-order valence-electron chi connectivity index (χ4n) is 3.45. The Morgan fingerprint density at radius 3 is 2.22 bits per heavy atom. The Labute approximate surface area is 185 Å². The molecule has 1 aliphatic rings. The second-order valence-electron chi connectivity index (χ2n) is 7.92. The van der Waals surface area contributed by atoms with Crippen molar-refractivity contribution in [2.75, 3.05) is 18.4 Å². The molecule has 164 valence electrons. The summed E-state index contributed by atoms with van der Waals surface area (Å²) in [4.78, 5) is 37.2. The third-order valence-corrected chi connectivity index (χ3v) is 5.37. The Hall–Kier alpha value is -3.87. The van der Waals surface area contributed by atoms with Crippen molar-refractivity contribution in [1.82, 2.24) is 10.6 Å². The van der Waals surface area contributed by atoms with Crippen molar-refractivity contribution in [3.05, 3.63) is 71.8 Å². The summed E-state index contributed by atoms with van der Waals surface area (Å²) in [5.41, 5.74) is 1.30. The highest BCUT2D eigenvalue weighted by molar-refractivity contribution is 6.08. The van der Waals surface area contributed by atoms with E-state index >= 15 is 0 Å². The number of hydrogen-bond acceptors (Lipinski definition) is 4. The first kappa shape index (κ1) is 21.4. The number of nitrogens with one attached hydrogen (secondary N) is 3. The minimum absolute atomic E-state index is 0.0323. The van der Waals surface area contributed by atoms with Crippen LogP contribution in [0.2, 0.25) is 0 Å². The van der Waals surface area contributed by atoms with Gasteiger partial charge in [0.15, 0.2) is 0 Å². The first-order valence-corrected chi connectivity index (χ1v) is 10.7. The maximum Gasteiger partial charge on any atom is 0.253 e. The summed E-state index contributed by atoms with van der Waals surface area (Å²) in [5.74, 6) is -0.547. The van der Waals surface area contributed by atoms with E-state index in [1.54, 1.807) is 18.2 Å². The Balaban J connectivity index is 1.35. The minimum atomic E-state index is -0.285. The molecule has 4 rings (SSSR count). The molecule has 7 nitrogen and oxygen atoms in total. The Morgan fingerprint density at radius 2 is 1.53 bits per heavy atom. The van der Waals surface area contributed by atoms with Crippen LogP contribution in [0.25, 0.3) is 10.8 Å². The summed E-state index contributed by atoms with van der Waals surface area (Å²) in [5, 5.41) is 19.9. The van der Waals surface area contributed by atoms with Crippen LogP contribution in [0.1, 0.15) is 40.0 Å². The van der Waals surface area contributed by atoms with Crippen molar-refractivity contribution < 1.29 is 19.5 Å². The van der Waals surface area contributed by atoms with Gasteiger partial charge in [0.1, 0.15) is 5.75 Å². The lowest BCUT2D eigenvalue weighted by Gasteiger charge is -2.13. The van der Waals surface area contributed by atoms with Crippen LogP contribution in [0, 0.1) is 5.92 Å². The molecule has 0 saturated heterocycles. The average molecular weight is 431 g/mol. The van der Waals surface area contributed by atoms with Gasteiger partial charge in [-0.3, -0.25) is 14.4 Å². The van der Waals surface area contributed by atoms with Crippen LogP contribution in [-0.2, 0) is 4.79 Å². The van der Waals surface area contributed by atoms with E-state index < -0.39 is 0 Å². The van der Waals surface area contributed by atoms with E-state index in [-0.39, 0.29) is 29.4 Å². The zero-order valence-corrected chi connectivity index (χ0v) is 17.6. The van der Waals surface area contributed by atoms with Gasteiger partial charge in [-0.2, -0.15) is 0 Å². The van der Waals surface area contributed by atoms with Crippen molar-refractivity contribution in [2.24, 2.45) is 5.92 Å². The number of hydrogen-bond donors (Lipinski definition) is 4. The van der Waals surface area contributed by atoms with Crippen LogP contribution in [-0.4, -0.2) is 35.9 Å². The topological polar surface area (TPSA) is 108 Å². The van der Waals surface area contributed by atoms with Crippen molar-refractivity contribution in [3.63, 3.8) is 0 Å². The van der Waals surface area contributed by atoms with E-state index in [0.717, 1.165) is 23.6 Å². The van der Waals surface area contributed by atoms with Crippen molar-refractivity contribution in [2.45, 2.75) is 19.3 Å². The highest BCUT2D eigenvalue weighted by Gasteiger charge is 2.30. The maximum absolute atomic E-state index is 12.9. The molecule has 0 atom stereocenters. The molecule has 0 radical (unpaired) electrons. The normalized spacial score (nSPS) is 12.9. The van der Waals surface area contributed by atoms with Gasteiger partial charge >= 0.3 is 0 Å². The summed E-state index contributed by atoms with van der Waals surface area (Å²) >= 11 is 0. The highest BCUT2D eigenvalue weighted by atomic mass is 16.3. The number of carbonyl (C=O) groups excluding carboxylic acids is 3. The Morgan fingerprint density at radius 1 is 0.844 bits per heavy atom. The largest absolute Gasteiger partial charge is 0.508 e. The fraction of sp³-hybridized carbons (Fsp3) is 0.240. The molecule has 0 bridgehead atoms. The number of benzene rings is 3. The minimum Gasteiger partial charge on any atom is -0.508 e. The van der Waals surface area contributed by atoms with Gasteiger partial charge in [0.2, 0.25) is 5.91 Å². The van der Waals surface area contributed by atoms with Crippen LogP contribution in [0.3, 0.4) is 0 Å². The number of carbonyl (C=O) groups is 3. The molecule has 7 heteroatoms. The molecule has 4 N–H and O–H groups in total. The maximum atomic E-state index is 12.9. The van der Waals surface area contributed by atoms with Crippen LogP contribution < -0.4 is 16.0 Å². The highest BCUT2D eigenvalue weighted by Crippen LogP contribution is 2.32. The Kier molecular flexibility index (Phi) is 6.35. The van der Waals surface area contributed by atoms with E-state index in [2.05, 4.69) is 16.0 Å². The number of rotatable bonds is 8. The molecule has 0 heterocycles. The molecular weight excluding hydrogens is 406 g/mol. The molecule has 3 amide bonds. The van der Waals surface area contributed by atoms with Gasteiger partial charge in [-0.05, 0) is 60.4 Å².